The first-order valence-corrected chi connectivity index (χ1v) is 11.7. The van der Waals surface area contributed by atoms with Crippen LogP contribution in [0.4, 0.5) is 0 Å². The number of halogens is 1. The van der Waals surface area contributed by atoms with E-state index in [0.29, 0.717) is 26.8 Å². The van der Waals surface area contributed by atoms with Gasteiger partial charge < -0.3 is 5.32 Å². The molecule has 1 N–H and O–H groups in total. The summed E-state index contributed by atoms with van der Waals surface area (Å²) in [7, 11) is 0. The summed E-state index contributed by atoms with van der Waals surface area (Å²) in [6.07, 6.45) is 1.99. The van der Waals surface area contributed by atoms with Crippen molar-refractivity contribution in [2.24, 2.45) is 0 Å². The van der Waals surface area contributed by atoms with Gasteiger partial charge in [-0.2, -0.15) is 0 Å². The zero-order valence-corrected chi connectivity index (χ0v) is 18.6. The molecule has 1 unspecified atom stereocenters. The second kappa shape index (κ2) is 8.81. The van der Waals surface area contributed by atoms with Gasteiger partial charge >= 0.3 is 0 Å². The van der Waals surface area contributed by atoms with Crippen molar-refractivity contribution in [2.75, 3.05) is 0 Å². The number of thioether (sulfide) groups is 1. The van der Waals surface area contributed by atoms with E-state index in [1.807, 2.05) is 54.6 Å². The van der Waals surface area contributed by atoms with Crippen LogP contribution in [0.25, 0.3) is 16.6 Å². The van der Waals surface area contributed by atoms with Crippen LogP contribution in [-0.2, 0) is 4.79 Å². The van der Waals surface area contributed by atoms with Crippen molar-refractivity contribution in [1.29, 1.82) is 0 Å². The van der Waals surface area contributed by atoms with E-state index in [4.69, 9.17) is 16.6 Å². The Balaban J connectivity index is 1.67. The van der Waals surface area contributed by atoms with Gasteiger partial charge in [0.15, 0.2) is 5.16 Å². The number of hydrogen-bond donors (Lipinski definition) is 1. The average molecular weight is 462 g/mol. The van der Waals surface area contributed by atoms with Gasteiger partial charge in [-0.05, 0) is 42.7 Å². The fourth-order valence-corrected chi connectivity index (χ4v) is 4.88. The first-order chi connectivity index (χ1) is 15.6. The highest BCUT2D eigenvalue weighted by Gasteiger charge is 2.30. The lowest BCUT2D eigenvalue weighted by molar-refractivity contribution is -0.120. The fraction of sp³-hybridized carbons (Fsp3) is 0.160. The van der Waals surface area contributed by atoms with Crippen molar-refractivity contribution in [3.63, 3.8) is 0 Å². The summed E-state index contributed by atoms with van der Waals surface area (Å²) in [5.74, 6) is -0.0863. The summed E-state index contributed by atoms with van der Waals surface area (Å²) in [6.45, 7) is 0. The number of carbonyl (C=O) groups is 1. The molecule has 4 aromatic rings. The van der Waals surface area contributed by atoms with Crippen LogP contribution in [0, 0.1) is 0 Å². The molecule has 7 heteroatoms. The van der Waals surface area contributed by atoms with Crippen molar-refractivity contribution in [3.8, 4) is 5.69 Å². The third kappa shape index (κ3) is 4.16. The molecule has 1 amide bonds. The number of hydrogen-bond acceptors (Lipinski definition) is 4. The number of rotatable bonds is 6. The number of para-hydroxylation sites is 2. The van der Waals surface area contributed by atoms with Gasteiger partial charge in [0.1, 0.15) is 5.25 Å². The van der Waals surface area contributed by atoms with Gasteiger partial charge in [0.2, 0.25) is 5.91 Å². The number of nitrogens with one attached hydrogen (secondary N) is 1. The van der Waals surface area contributed by atoms with Crippen LogP contribution < -0.4 is 10.9 Å². The Morgan fingerprint density at radius 3 is 2.44 bits per heavy atom. The maximum Gasteiger partial charge on any atom is 0.266 e. The predicted molar refractivity (Wildman–Crippen MR) is 129 cm³/mol. The van der Waals surface area contributed by atoms with Crippen LogP contribution in [0.1, 0.15) is 23.7 Å². The lowest BCUT2D eigenvalue weighted by atomic mass is 10.1. The summed E-state index contributed by atoms with van der Waals surface area (Å²) in [6, 6.07) is 24.2. The first-order valence-electron chi connectivity index (χ1n) is 10.4. The van der Waals surface area contributed by atoms with E-state index in [2.05, 4.69) is 5.32 Å². The molecule has 0 radical (unpaired) electrons. The Morgan fingerprint density at radius 1 is 1.00 bits per heavy atom. The van der Waals surface area contributed by atoms with E-state index < -0.39 is 5.25 Å². The van der Waals surface area contributed by atoms with Crippen LogP contribution >= 0.6 is 23.4 Å². The Labute approximate surface area is 194 Å². The number of carbonyl (C=O) groups excluding carboxylic acids is 1. The molecule has 0 aliphatic heterocycles. The molecule has 3 aromatic carbocycles. The molecule has 0 spiro atoms. The van der Waals surface area contributed by atoms with Crippen molar-refractivity contribution in [1.82, 2.24) is 14.9 Å². The minimum Gasteiger partial charge on any atom is -0.352 e. The molecule has 1 saturated carbocycles. The van der Waals surface area contributed by atoms with E-state index in [1.54, 1.807) is 24.3 Å². The zero-order valence-electron chi connectivity index (χ0n) is 17.1. The Kier molecular flexibility index (Phi) is 5.72. The fourth-order valence-electron chi connectivity index (χ4n) is 3.55. The molecule has 1 fully saturated rings. The lowest BCUT2D eigenvalue weighted by Gasteiger charge is -2.20. The number of amides is 1. The number of fused-ring (bicyclic) bond motifs is 1. The normalized spacial score (nSPS) is 14.3. The Morgan fingerprint density at radius 2 is 1.69 bits per heavy atom. The van der Waals surface area contributed by atoms with Crippen LogP contribution in [0.3, 0.4) is 0 Å². The van der Waals surface area contributed by atoms with Crippen molar-refractivity contribution >= 4 is 40.2 Å². The predicted octanol–water partition coefficient (Wildman–Crippen LogP) is 5.15. The van der Waals surface area contributed by atoms with Crippen LogP contribution in [0.5, 0.6) is 0 Å². The number of benzene rings is 3. The van der Waals surface area contributed by atoms with E-state index in [9.17, 15) is 9.59 Å². The minimum atomic E-state index is -0.557. The summed E-state index contributed by atoms with van der Waals surface area (Å²) in [5.41, 5.74) is 1.75. The topological polar surface area (TPSA) is 64.0 Å². The van der Waals surface area contributed by atoms with Gasteiger partial charge in [0.25, 0.3) is 5.56 Å². The molecular formula is C25H20ClN3O2S. The molecule has 1 atom stereocenters. The first kappa shape index (κ1) is 20.8. The molecule has 5 rings (SSSR count). The summed E-state index contributed by atoms with van der Waals surface area (Å²) >= 11 is 7.73. The average Bonchev–Trinajstić information content (AvgIpc) is 3.63. The molecule has 1 aromatic heterocycles. The molecular weight excluding hydrogens is 442 g/mol. The summed E-state index contributed by atoms with van der Waals surface area (Å²) in [4.78, 5) is 31.5. The van der Waals surface area contributed by atoms with Gasteiger partial charge in [0, 0.05) is 6.04 Å². The van der Waals surface area contributed by atoms with Crippen LogP contribution in [0.15, 0.2) is 88.8 Å². The molecule has 1 aliphatic carbocycles. The number of aromatic nitrogens is 2. The maximum atomic E-state index is 13.5. The van der Waals surface area contributed by atoms with Crippen molar-refractivity contribution in [3.05, 3.63) is 99.8 Å². The van der Waals surface area contributed by atoms with Gasteiger partial charge in [-0.1, -0.05) is 78.0 Å². The monoisotopic (exact) mass is 461 g/mol. The highest BCUT2D eigenvalue weighted by atomic mass is 35.5. The van der Waals surface area contributed by atoms with E-state index >= 15 is 0 Å². The zero-order chi connectivity index (χ0) is 22.1. The highest BCUT2D eigenvalue weighted by Crippen LogP contribution is 2.37. The van der Waals surface area contributed by atoms with E-state index in [1.165, 1.54) is 16.3 Å². The Hall–Kier alpha value is -3.09. The molecule has 0 saturated heterocycles. The van der Waals surface area contributed by atoms with Gasteiger partial charge in [-0.25, -0.2) is 4.98 Å². The minimum absolute atomic E-state index is 0.0863. The maximum absolute atomic E-state index is 13.5. The summed E-state index contributed by atoms with van der Waals surface area (Å²) in [5, 5.41) is 3.89. The molecule has 1 heterocycles. The third-order valence-corrected chi connectivity index (χ3v) is 6.85. The lowest BCUT2D eigenvalue weighted by Crippen LogP contribution is -2.30. The Bertz CT molecular complexity index is 1350. The van der Waals surface area contributed by atoms with Gasteiger partial charge in [-0.15, -0.1) is 0 Å². The highest BCUT2D eigenvalue weighted by molar-refractivity contribution is 8.00. The third-order valence-electron chi connectivity index (χ3n) is 5.33. The smallest absolute Gasteiger partial charge is 0.266 e. The quantitative estimate of drug-likeness (QED) is 0.318. The van der Waals surface area contributed by atoms with Crippen LogP contribution in [0.2, 0.25) is 5.02 Å². The van der Waals surface area contributed by atoms with Crippen molar-refractivity contribution < 1.29 is 4.79 Å². The second-order valence-corrected chi connectivity index (χ2v) is 9.17. The molecule has 5 nitrogen and oxygen atoms in total. The SMILES string of the molecule is O=C(NC1CC1)C(Sc1nc2ccccc2c(=O)n1-c1ccccc1Cl)c1ccccc1. The van der Waals surface area contributed by atoms with Crippen molar-refractivity contribution in [2.45, 2.75) is 29.3 Å². The standard InChI is InChI=1S/C25H20ClN3O2S/c26-19-11-5-7-13-21(19)29-24(31)18-10-4-6-12-20(18)28-25(29)32-22(16-8-2-1-3-9-16)23(30)27-17-14-15-17/h1-13,17,22H,14-15H2,(H,27,30). The largest absolute Gasteiger partial charge is 0.352 e. The van der Waals surface area contributed by atoms with Gasteiger partial charge in [-0.3, -0.25) is 14.2 Å². The molecule has 0 bridgehead atoms. The molecule has 32 heavy (non-hydrogen) atoms. The van der Waals surface area contributed by atoms with E-state index in [0.717, 1.165) is 18.4 Å². The second-order valence-electron chi connectivity index (χ2n) is 7.69. The van der Waals surface area contributed by atoms with Crippen LogP contribution in [-0.4, -0.2) is 21.5 Å². The molecule has 1 aliphatic rings. The van der Waals surface area contributed by atoms with E-state index in [-0.39, 0.29) is 17.5 Å². The van der Waals surface area contributed by atoms with Gasteiger partial charge in [0.05, 0.1) is 21.6 Å². The summed E-state index contributed by atoms with van der Waals surface area (Å²) < 4.78 is 1.51. The molecule has 160 valence electrons. The number of nitrogens with zero attached hydrogens (tertiary/aromatic N) is 2.